The second-order valence-electron chi connectivity index (χ2n) is 5.66. The molecule has 0 saturated heterocycles. The smallest absolute Gasteiger partial charge is 0.175 e. The topological polar surface area (TPSA) is 44.5 Å². The van der Waals surface area contributed by atoms with Gasteiger partial charge in [-0.3, -0.25) is 0 Å². The first-order valence-electron chi connectivity index (χ1n) is 6.42. The molecular weight excluding hydrogens is 294 g/mol. The predicted octanol–water partition coefficient (Wildman–Crippen LogP) is 2.89. The lowest BCUT2D eigenvalue weighted by molar-refractivity contribution is 0.196. The Morgan fingerprint density at radius 1 is 1.33 bits per heavy atom. The monoisotopic (exact) mass is 311 g/mol. The van der Waals surface area contributed by atoms with Gasteiger partial charge < -0.3 is 15.2 Å². The van der Waals surface area contributed by atoms with E-state index in [9.17, 15) is 0 Å². The van der Waals surface area contributed by atoms with Gasteiger partial charge in [0.15, 0.2) is 11.5 Å². The number of hydrogen-bond acceptors (Lipinski definition) is 3. The maximum Gasteiger partial charge on any atom is 0.175 e. The summed E-state index contributed by atoms with van der Waals surface area (Å²) in [6, 6.07) is 4.29. The Bertz CT molecular complexity index is 469. The zero-order chi connectivity index (χ0) is 12.8. The van der Waals surface area contributed by atoms with Crippen LogP contribution >= 0.6 is 15.9 Å². The zero-order valence-electron chi connectivity index (χ0n) is 10.5. The second-order valence-corrected chi connectivity index (χ2v) is 6.52. The highest BCUT2D eigenvalue weighted by Crippen LogP contribution is 2.50. The number of fused-ring (bicyclic) bond motifs is 1. The number of ether oxygens (including phenoxy) is 2. The summed E-state index contributed by atoms with van der Waals surface area (Å²) in [5.74, 6) is 1.69. The fourth-order valence-corrected chi connectivity index (χ4v) is 2.93. The molecule has 1 aliphatic heterocycles. The Hall–Kier alpha value is -0.740. The highest BCUT2D eigenvalue weighted by molar-refractivity contribution is 9.10. The Morgan fingerprint density at radius 2 is 2.06 bits per heavy atom. The van der Waals surface area contributed by atoms with Crippen LogP contribution in [0.15, 0.2) is 16.6 Å². The molecule has 1 aliphatic carbocycles. The van der Waals surface area contributed by atoms with Gasteiger partial charge in [0.25, 0.3) is 0 Å². The van der Waals surface area contributed by atoms with E-state index in [4.69, 9.17) is 15.2 Å². The fourth-order valence-electron chi connectivity index (χ4n) is 2.32. The molecule has 0 amide bonds. The van der Waals surface area contributed by atoms with Crippen molar-refractivity contribution in [2.75, 3.05) is 13.2 Å². The first-order valence-corrected chi connectivity index (χ1v) is 7.21. The number of halogens is 1. The van der Waals surface area contributed by atoms with E-state index in [0.717, 1.165) is 35.6 Å². The molecule has 1 fully saturated rings. The molecule has 3 nitrogen and oxygen atoms in total. The third-order valence-corrected chi connectivity index (χ3v) is 4.23. The Kier molecular flexibility index (Phi) is 3.02. The van der Waals surface area contributed by atoms with Crippen LogP contribution in [0.5, 0.6) is 11.5 Å². The molecule has 18 heavy (non-hydrogen) atoms. The number of rotatable bonds is 2. The third-order valence-electron chi connectivity index (χ3n) is 3.64. The van der Waals surface area contributed by atoms with E-state index in [1.165, 1.54) is 18.4 Å². The molecule has 98 valence electrons. The van der Waals surface area contributed by atoms with Crippen molar-refractivity contribution < 1.29 is 9.47 Å². The van der Waals surface area contributed by atoms with Gasteiger partial charge >= 0.3 is 0 Å². The highest BCUT2D eigenvalue weighted by atomic mass is 79.9. The molecule has 3 rings (SSSR count). The van der Waals surface area contributed by atoms with Crippen molar-refractivity contribution in [2.24, 2.45) is 11.1 Å². The van der Waals surface area contributed by atoms with Crippen LogP contribution in [0.4, 0.5) is 0 Å². The van der Waals surface area contributed by atoms with E-state index in [2.05, 4.69) is 28.1 Å². The third kappa shape index (κ3) is 2.36. The van der Waals surface area contributed by atoms with E-state index >= 15 is 0 Å². The lowest BCUT2D eigenvalue weighted by Crippen LogP contribution is -2.18. The van der Waals surface area contributed by atoms with Crippen LogP contribution in [0.3, 0.4) is 0 Å². The van der Waals surface area contributed by atoms with Crippen LogP contribution in [0.1, 0.15) is 25.3 Å². The second kappa shape index (κ2) is 4.42. The first kappa shape index (κ1) is 12.3. The number of benzene rings is 1. The van der Waals surface area contributed by atoms with Crippen molar-refractivity contribution in [3.63, 3.8) is 0 Å². The predicted molar refractivity (Wildman–Crippen MR) is 74.2 cm³/mol. The largest absolute Gasteiger partial charge is 0.489 e. The molecule has 1 atom stereocenters. The minimum absolute atomic E-state index is 0.149. The van der Waals surface area contributed by atoms with Gasteiger partial charge in [-0.2, -0.15) is 0 Å². The van der Waals surface area contributed by atoms with Crippen molar-refractivity contribution in [3.8, 4) is 11.5 Å². The lowest BCUT2D eigenvalue weighted by Gasteiger charge is -2.12. The summed E-state index contributed by atoms with van der Waals surface area (Å²) in [5, 5.41) is 0. The van der Waals surface area contributed by atoms with Crippen molar-refractivity contribution in [1.29, 1.82) is 0 Å². The number of nitrogens with two attached hydrogens (primary N) is 1. The van der Waals surface area contributed by atoms with Gasteiger partial charge in [0.1, 0.15) is 0 Å². The normalized spacial score (nSPS) is 21.5. The standard InChI is InChI=1S/C14H18BrNO2/c1-9(16)4-10-5-11(15)13-12(6-10)17-7-14(2-3-14)8-18-13/h5-6,9H,2-4,7-8,16H2,1H3. The molecule has 1 unspecified atom stereocenters. The average Bonchev–Trinajstić information content (AvgIpc) is 3.07. The zero-order valence-corrected chi connectivity index (χ0v) is 12.1. The van der Waals surface area contributed by atoms with Crippen LogP contribution in [-0.2, 0) is 6.42 Å². The highest BCUT2D eigenvalue weighted by Gasteiger charge is 2.46. The summed E-state index contributed by atoms with van der Waals surface area (Å²) in [7, 11) is 0. The van der Waals surface area contributed by atoms with E-state index in [-0.39, 0.29) is 11.5 Å². The molecule has 0 radical (unpaired) electrons. The SMILES string of the molecule is CC(N)Cc1cc(Br)c2c(c1)OCC1(CC1)CO2. The number of hydrogen-bond donors (Lipinski definition) is 1. The average molecular weight is 312 g/mol. The Balaban J connectivity index is 1.89. The van der Waals surface area contributed by atoms with E-state index in [0.29, 0.717) is 0 Å². The fraction of sp³-hybridized carbons (Fsp3) is 0.571. The molecule has 1 spiro atoms. The maximum atomic E-state index is 5.93. The molecule has 0 aromatic heterocycles. The molecule has 1 aromatic carbocycles. The summed E-state index contributed by atoms with van der Waals surface area (Å²) in [4.78, 5) is 0. The first-order chi connectivity index (χ1) is 8.58. The van der Waals surface area contributed by atoms with Gasteiger partial charge in [0.2, 0.25) is 0 Å². The van der Waals surface area contributed by atoms with E-state index < -0.39 is 0 Å². The molecular formula is C14H18BrNO2. The molecule has 1 heterocycles. The Labute approximate surface area is 116 Å². The summed E-state index contributed by atoms with van der Waals surface area (Å²) < 4.78 is 12.8. The van der Waals surface area contributed by atoms with Crippen molar-refractivity contribution in [3.05, 3.63) is 22.2 Å². The van der Waals surface area contributed by atoms with Crippen LogP contribution in [0, 0.1) is 5.41 Å². The summed E-state index contributed by atoms with van der Waals surface area (Å²) in [5.41, 5.74) is 7.31. The van der Waals surface area contributed by atoms with Gasteiger partial charge in [-0.25, -0.2) is 0 Å². The van der Waals surface area contributed by atoms with E-state index in [1.54, 1.807) is 0 Å². The molecule has 4 heteroatoms. The van der Waals surface area contributed by atoms with Crippen molar-refractivity contribution in [1.82, 2.24) is 0 Å². The van der Waals surface area contributed by atoms with Crippen molar-refractivity contribution in [2.45, 2.75) is 32.2 Å². The van der Waals surface area contributed by atoms with Crippen LogP contribution < -0.4 is 15.2 Å². The maximum absolute atomic E-state index is 5.93. The van der Waals surface area contributed by atoms with E-state index in [1.807, 2.05) is 6.92 Å². The van der Waals surface area contributed by atoms with Gasteiger partial charge in [-0.05, 0) is 59.8 Å². The minimum atomic E-state index is 0.149. The van der Waals surface area contributed by atoms with Gasteiger partial charge in [0, 0.05) is 11.5 Å². The molecule has 1 saturated carbocycles. The lowest BCUT2D eigenvalue weighted by atomic mass is 10.1. The minimum Gasteiger partial charge on any atom is -0.489 e. The van der Waals surface area contributed by atoms with Gasteiger partial charge in [-0.15, -0.1) is 0 Å². The molecule has 1 aromatic rings. The Morgan fingerprint density at radius 3 is 2.72 bits per heavy atom. The van der Waals surface area contributed by atoms with Gasteiger partial charge in [0.05, 0.1) is 17.7 Å². The summed E-state index contributed by atoms with van der Waals surface area (Å²) in [6.07, 6.45) is 3.27. The molecule has 0 bridgehead atoms. The molecule has 2 aliphatic rings. The summed E-state index contributed by atoms with van der Waals surface area (Å²) in [6.45, 7) is 3.55. The van der Waals surface area contributed by atoms with Crippen LogP contribution in [0.25, 0.3) is 0 Å². The van der Waals surface area contributed by atoms with Crippen molar-refractivity contribution >= 4 is 15.9 Å². The quantitative estimate of drug-likeness (QED) is 0.913. The summed E-state index contributed by atoms with van der Waals surface area (Å²) >= 11 is 3.57. The van der Waals surface area contributed by atoms with Gasteiger partial charge in [-0.1, -0.05) is 0 Å². The van der Waals surface area contributed by atoms with Crippen LogP contribution in [0.2, 0.25) is 0 Å². The van der Waals surface area contributed by atoms with Crippen LogP contribution in [-0.4, -0.2) is 19.3 Å². The molecule has 2 N–H and O–H groups in total.